The van der Waals surface area contributed by atoms with Gasteiger partial charge in [0.1, 0.15) is 25.3 Å². The van der Waals surface area contributed by atoms with Gasteiger partial charge in [0.05, 0.1) is 18.5 Å². The summed E-state index contributed by atoms with van der Waals surface area (Å²) in [7, 11) is 10.8. The number of rotatable bonds is 6. The van der Waals surface area contributed by atoms with Gasteiger partial charge in [-0.3, -0.25) is 4.79 Å². The number of fused-ring (bicyclic) bond motifs is 1. The van der Waals surface area contributed by atoms with Crippen molar-refractivity contribution in [2.45, 2.75) is 69.4 Å². The number of amides is 1. The third kappa shape index (κ3) is 4.79. The molecular weight excluding hydrogens is 425 g/mol. The van der Waals surface area contributed by atoms with Crippen LogP contribution in [0.1, 0.15) is 50.4 Å². The van der Waals surface area contributed by atoms with E-state index in [1.807, 2.05) is 14.0 Å². The molecule has 3 aliphatic heterocycles. The molecule has 34 heavy (non-hydrogen) atoms. The number of piperazine rings is 1. The number of nitrogens with zero attached hydrogens (tertiary/aromatic N) is 7. The lowest BCUT2D eigenvalue weighted by atomic mass is 9.72. The Morgan fingerprint density at radius 3 is 2.71 bits per heavy atom. The molecule has 1 aromatic rings. The monoisotopic (exact) mass is 461 g/mol. The minimum atomic E-state index is -0.458. The highest BCUT2D eigenvalue weighted by Gasteiger charge is 2.36. The van der Waals surface area contributed by atoms with Gasteiger partial charge >= 0.3 is 0 Å². The van der Waals surface area contributed by atoms with Crippen molar-refractivity contribution in [3.8, 4) is 6.07 Å². The van der Waals surface area contributed by atoms with E-state index >= 15 is 0 Å². The molecule has 4 rings (SSSR count). The number of aromatic nitrogens is 2. The Hall–Kier alpha value is -2.60. The molecule has 3 aliphatic rings. The van der Waals surface area contributed by atoms with Crippen LogP contribution in [0.3, 0.4) is 0 Å². The molecule has 0 aromatic carbocycles. The Labute approximate surface area is 205 Å². The average molecular weight is 461 g/mol. The van der Waals surface area contributed by atoms with Gasteiger partial charge in [0.25, 0.3) is 0 Å². The normalized spacial score (nSPS) is 27.4. The number of carbonyl (C=O) groups is 1. The van der Waals surface area contributed by atoms with Gasteiger partial charge in [-0.2, -0.15) is 5.26 Å². The zero-order valence-electron chi connectivity index (χ0n) is 20.8. The summed E-state index contributed by atoms with van der Waals surface area (Å²) in [5.41, 5.74) is 0.659. The van der Waals surface area contributed by atoms with Gasteiger partial charge in [-0.05, 0) is 57.2 Å². The van der Waals surface area contributed by atoms with Crippen molar-refractivity contribution in [2.24, 2.45) is 0 Å². The van der Waals surface area contributed by atoms with Crippen LogP contribution in [0, 0.1) is 11.3 Å². The van der Waals surface area contributed by atoms with Crippen LogP contribution < -0.4 is 9.80 Å². The fraction of sp³-hybridized carbons (Fsp3) is 0.680. The van der Waals surface area contributed by atoms with E-state index in [1.165, 1.54) is 18.9 Å². The van der Waals surface area contributed by atoms with Crippen LogP contribution in [0.15, 0.2) is 12.7 Å². The van der Waals surface area contributed by atoms with Crippen molar-refractivity contribution in [1.82, 2.24) is 19.8 Å². The van der Waals surface area contributed by atoms with Gasteiger partial charge < -0.3 is 19.6 Å². The molecule has 0 aliphatic carbocycles. The predicted octanol–water partition coefficient (Wildman–Crippen LogP) is 1.89. The number of hydrogen-bond acceptors (Lipinski definition) is 7. The van der Waals surface area contributed by atoms with E-state index in [4.69, 9.17) is 17.8 Å². The van der Waals surface area contributed by atoms with E-state index in [1.54, 1.807) is 4.90 Å². The summed E-state index contributed by atoms with van der Waals surface area (Å²) in [6.45, 7) is 8.62. The molecular formula is C25H36BN7O. The summed E-state index contributed by atoms with van der Waals surface area (Å²) >= 11 is 0. The molecule has 3 atom stereocenters. The second-order valence-electron chi connectivity index (χ2n) is 10.2. The maximum absolute atomic E-state index is 12.4. The maximum Gasteiger partial charge on any atom is 0.246 e. The number of likely N-dealkylation sites (tertiary alicyclic amines) is 1. The summed E-state index contributed by atoms with van der Waals surface area (Å²) in [5, 5.41) is 9.39. The molecule has 9 heteroatoms. The summed E-state index contributed by atoms with van der Waals surface area (Å²) < 4.78 is 0. The van der Waals surface area contributed by atoms with Gasteiger partial charge in [-0.15, -0.1) is 0 Å². The fourth-order valence-electron chi connectivity index (χ4n) is 5.54. The van der Waals surface area contributed by atoms with E-state index in [0.29, 0.717) is 25.7 Å². The van der Waals surface area contributed by atoms with Crippen molar-refractivity contribution >= 4 is 25.4 Å². The molecule has 0 N–H and O–H groups in total. The molecule has 180 valence electrons. The minimum Gasteiger partial charge on any atom is -0.363 e. The van der Waals surface area contributed by atoms with Crippen LogP contribution in [0.4, 0.5) is 11.6 Å². The maximum atomic E-state index is 12.4. The Morgan fingerprint density at radius 2 is 2.03 bits per heavy atom. The third-order valence-electron chi connectivity index (χ3n) is 7.91. The van der Waals surface area contributed by atoms with E-state index < -0.39 is 5.44 Å². The Kier molecular flexibility index (Phi) is 7.18. The summed E-state index contributed by atoms with van der Waals surface area (Å²) in [4.78, 5) is 31.0. The average Bonchev–Trinajstić information content (AvgIpc) is 3.24. The molecule has 1 aromatic heterocycles. The van der Waals surface area contributed by atoms with Crippen LogP contribution in [-0.2, 0) is 17.6 Å². The first-order valence-electron chi connectivity index (χ1n) is 12.4. The summed E-state index contributed by atoms with van der Waals surface area (Å²) in [6.07, 6.45) is 7.58. The van der Waals surface area contributed by atoms with Crippen molar-refractivity contribution in [3.05, 3.63) is 24.0 Å². The van der Waals surface area contributed by atoms with Crippen molar-refractivity contribution in [2.75, 3.05) is 50.1 Å². The number of nitriles is 1. The van der Waals surface area contributed by atoms with Crippen LogP contribution in [-0.4, -0.2) is 91.3 Å². The first-order chi connectivity index (χ1) is 16.2. The zero-order chi connectivity index (χ0) is 24.5. The van der Waals surface area contributed by atoms with E-state index in [9.17, 15) is 10.1 Å². The van der Waals surface area contributed by atoms with E-state index in [0.717, 1.165) is 55.3 Å². The molecule has 1 amide bonds. The van der Waals surface area contributed by atoms with Crippen molar-refractivity contribution in [1.29, 1.82) is 5.26 Å². The first kappa shape index (κ1) is 24.5. The van der Waals surface area contributed by atoms with Crippen LogP contribution in [0.2, 0.25) is 0 Å². The Balaban J connectivity index is 1.65. The highest BCUT2D eigenvalue weighted by molar-refractivity contribution is 6.17. The lowest BCUT2D eigenvalue weighted by molar-refractivity contribution is -0.128. The van der Waals surface area contributed by atoms with Crippen LogP contribution in [0.25, 0.3) is 0 Å². The predicted molar refractivity (Wildman–Crippen MR) is 135 cm³/mol. The third-order valence-corrected chi connectivity index (χ3v) is 7.91. The standard InChI is InChI=1S/C25H36BN7O/c1-5-22(34)33-16-15-32(17-19(33)11-13-27)24-20-10-12-25(2,26)31(4)23(20)28-21(29-24)9-8-18-7-6-14-30(18)3/h5,18-19H,1,6-12,14-17H2,2-4H3. The number of carbonyl (C=O) groups excluding carboxylic acids is 1. The SMILES string of the molecule is [B]C1(C)CCc2c(N3CCN(C(=O)C=C)C(CC#N)C3)nc(CCC3CCCN3C)nc2N1C. The van der Waals surface area contributed by atoms with Crippen LogP contribution in [0.5, 0.6) is 0 Å². The van der Waals surface area contributed by atoms with Gasteiger partial charge in [0.15, 0.2) is 0 Å². The highest BCUT2D eigenvalue weighted by atomic mass is 16.2. The second-order valence-corrected chi connectivity index (χ2v) is 10.2. The zero-order valence-corrected chi connectivity index (χ0v) is 20.8. The van der Waals surface area contributed by atoms with E-state index in [2.05, 4.69) is 34.4 Å². The highest BCUT2D eigenvalue weighted by Crippen LogP contribution is 2.38. The molecule has 3 unspecified atom stereocenters. The van der Waals surface area contributed by atoms with Gasteiger partial charge in [0.2, 0.25) is 5.91 Å². The first-order valence-corrected chi connectivity index (χ1v) is 12.4. The van der Waals surface area contributed by atoms with E-state index in [-0.39, 0.29) is 18.4 Å². The summed E-state index contributed by atoms with van der Waals surface area (Å²) in [6, 6.07) is 2.64. The number of aryl methyl sites for hydroxylation is 1. The molecule has 2 saturated heterocycles. The minimum absolute atomic E-state index is 0.121. The Bertz CT molecular complexity index is 975. The topological polar surface area (TPSA) is 79.6 Å². The molecule has 0 spiro atoms. The quantitative estimate of drug-likeness (QED) is 0.473. The Morgan fingerprint density at radius 1 is 1.26 bits per heavy atom. The number of hydrogen-bond donors (Lipinski definition) is 0. The van der Waals surface area contributed by atoms with Gasteiger partial charge in [-0.25, -0.2) is 9.97 Å². The molecule has 2 radical (unpaired) electrons. The lowest BCUT2D eigenvalue weighted by Gasteiger charge is -2.45. The van der Waals surface area contributed by atoms with Gasteiger partial charge in [0, 0.05) is 44.7 Å². The van der Waals surface area contributed by atoms with Crippen molar-refractivity contribution in [3.63, 3.8) is 0 Å². The largest absolute Gasteiger partial charge is 0.363 e. The molecule has 0 saturated carbocycles. The lowest BCUT2D eigenvalue weighted by Crippen LogP contribution is -2.55. The molecule has 2 fully saturated rings. The van der Waals surface area contributed by atoms with Gasteiger partial charge in [-0.1, -0.05) is 13.5 Å². The number of anilines is 2. The van der Waals surface area contributed by atoms with Crippen LogP contribution >= 0.6 is 0 Å². The second kappa shape index (κ2) is 9.95. The molecule has 8 nitrogen and oxygen atoms in total. The summed E-state index contributed by atoms with van der Waals surface area (Å²) in [5.74, 6) is 2.58. The fourth-order valence-corrected chi connectivity index (χ4v) is 5.54. The molecule has 4 heterocycles. The molecule has 0 bridgehead atoms. The van der Waals surface area contributed by atoms with Crippen molar-refractivity contribution < 1.29 is 4.79 Å². The smallest absolute Gasteiger partial charge is 0.246 e.